The van der Waals surface area contributed by atoms with Crippen LogP contribution in [0, 0.1) is 22.7 Å². The van der Waals surface area contributed by atoms with Crippen LogP contribution in [0.3, 0.4) is 0 Å². The number of rotatable bonds is 5. The fourth-order valence-corrected chi connectivity index (χ4v) is 1.54. The first kappa shape index (κ1) is 14.5. The van der Waals surface area contributed by atoms with Gasteiger partial charge in [-0.15, -0.1) is 0 Å². The summed E-state index contributed by atoms with van der Waals surface area (Å²) in [6.07, 6.45) is 0.883. The van der Waals surface area contributed by atoms with Crippen LogP contribution in [0.25, 0.3) is 0 Å². The van der Waals surface area contributed by atoms with E-state index in [0.29, 0.717) is 23.4 Å². The second-order valence-corrected chi connectivity index (χ2v) is 4.14. The summed E-state index contributed by atoms with van der Waals surface area (Å²) in [7, 11) is 0. The molecule has 0 fully saturated rings. The van der Waals surface area contributed by atoms with Crippen LogP contribution in [0.1, 0.15) is 31.4 Å². The summed E-state index contributed by atoms with van der Waals surface area (Å²) >= 11 is 0. The first-order valence-electron chi connectivity index (χ1n) is 6.10. The van der Waals surface area contributed by atoms with E-state index in [9.17, 15) is 4.79 Å². The minimum atomic E-state index is -0.397. The quantitative estimate of drug-likeness (QED) is 0.840. The molecular weight excluding hydrogens is 240 g/mol. The molecule has 0 heterocycles. The van der Waals surface area contributed by atoms with Crippen LogP contribution in [0.15, 0.2) is 18.2 Å². The predicted octanol–water partition coefficient (Wildman–Crippen LogP) is 1.76. The van der Waals surface area contributed by atoms with Gasteiger partial charge < -0.3 is 10.6 Å². The Kier molecular flexibility index (Phi) is 5.37. The summed E-state index contributed by atoms with van der Waals surface area (Å²) in [5.74, 6) is -0.0929. The number of hydrogen-bond donors (Lipinski definition) is 2. The first-order chi connectivity index (χ1) is 9.12. The molecule has 0 aliphatic carbocycles. The third kappa shape index (κ3) is 4.01. The van der Waals surface area contributed by atoms with Crippen molar-refractivity contribution in [1.29, 1.82) is 10.5 Å². The topological polar surface area (TPSA) is 88.7 Å². The lowest BCUT2D eigenvalue weighted by Gasteiger charge is -2.15. The molecule has 1 aromatic rings. The molecule has 0 aliphatic heterocycles. The van der Waals surface area contributed by atoms with Gasteiger partial charge in [-0.05, 0) is 31.5 Å². The number of carbonyl (C=O) groups excluding carboxylic acids is 1. The maximum absolute atomic E-state index is 11.7. The van der Waals surface area contributed by atoms with Crippen molar-refractivity contribution in [2.45, 2.75) is 26.3 Å². The van der Waals surface area contributed by atoms with Gasteiger partial charge in [-0.25, -0.2) is 0 Å². The van der Waals surface area contributed by atoms with Crippen molar-refractivity contribution in [3.63, 3.8) is 0 Å². The molecule has 1 amide bonds. The fraction of sp³-hybridized carbons (Fsp3) is 0.357. The summed E-state index contributed by atoms with van der Waals surface area (Å²) in [4.78, 5) is 11.7. The maximum Gasteiger partial charge on any atom is 0.242 e. The van der Waals surface area contributed by atoms with Crippen LogP contribution in [-0.2, 0) is 4.79 Å². The summed E-state index contributed by atoms with van der Waals surface area (Å²) < 4.78 is 0. The molecule has 19 heavy (non-hydrogen) atoms. The minimum absolute atomic E-state index is 0.0929. The molecule has 1 aromatic carbocycles. The molecule has 0 saturated heterocycles. The third-order valence-corrected chi connectivity index (χ3v) is 2.59. The van der Waals surface area contributed by atoms with E-state index in [0.717, 1.165) is 6.42 Å². The molecule has 0 saturated carbocycles. The van der Waals surface area contributed by atoms with Gasteiger partial charge in [0.2, 0.25) is 5.91 Å². The summed E-state index contributed by atoms with van der Waals surface area (Å²) in [5, 5.41) is 23.5. The number of carbonyl (C=O) groups is 1. The van der Waals surface area contributed by atoms with Gasteiger partial charge in [-0.2, -0.15) is 10.5 Å². The molecule has 2 N–H and O–H groups in total. The van der Waals surface area contributed by atoms with Gasteiger partial charge >= 0.3 is 0 Å². The molecule has 0 bridgehead atoms. The lowest BCUT2D eigenvalue weighted by molar-refractivity contribution is -0.121. The van der Waals surface area contributed by atoms with Gasteiger partial charge in [0.25, 0.3) is 0 Å². The highest BCUT2D eigenvalue weighted by atomic mass is 16.2. The Hall–Kier alpha value is -2.53. The summed E-state index contributed by atoms with van der Waals surface area (Å²) in [6.45, 7) is 4.37. The zero-order valence-electron chi connectivity index (χ0n) is 11.0. The molecule has 1 atom stereocenters. The Labute approximate surface area is 112 Å². The Balaban J connectivity index is 2.75. The lowest BCUT2D eigenvalue weighted by Crippen LogP contribution is -2.37. The molecule has 98 valence electrons. The smallest absolute Gasteiger partial charge is 0.242 e. The van der Waals surface area contributed by atoms with Crippen LogP contribution in [0.5, 0.6) is 0 Å². The Morgan fingerprint density at radius 2 is 2.00 bits per heavy atom. The average Bonchev–Trinajstić information content (AvgIpc) is 2.44. The van der Waals surface area contributed by atoms with E-state index in [1.807, 2.05) is 19.1 Å². The Morgan fingerprint density at radius 1 is 1.32 bits per heavy atom. The van der Waals surface area contributed by atoms with E-state index in [1.54, 1.807) is 25.1 Å². The highest BCUT2D eigenvalue weighted by Gasteiger charge is 2.12. The van der Waals surface area contributed by atoms with Crippen molar-refractivity contribution < 1.29 is 4.79 Å². The molecular formula is C14H16N4O. The lowest BCUT2D eigenvalue weighted by atomic mass is 10.1. The number of benzene rings is 1. The van der Waals surface area contributed by atoms with E-state index in [-0.39, 0.29) is 5.91 Å². The SMILES string of the molecule is CCCNC(=O)C(C)Nc1ccc(C#N)c(C#N)c1. The van der Waals surface area contributed by atoms with E-state index in [4.69, 9.17) is 10.5 Å². The molecule has 1 rings (SSSR count). The van der Waals surface area contributed by atoms with Crippen LogP contribution >= 0.6 is 0 Å². The number of nitriles is 2. The van der Waals surface area contributed by atoms with Gasteiger partial charge in [-0.1, -0.05) is 6.92 Å². The van der Waals surface area contributed by atoms with Gasteiger partial charge in [0.05, 0.1) is 11.1 Å². The van der Waals surface area contributed by atoms with E-state index < -0.39 is 6.04 Å². The molecule has 0 radical (unpaired) electrons. The van der Waals surface area contributed by atoms with Crippen molar-refractivity contribution in [2.75, 3.05) is 11.9 Å². The van der Waals surface area contributed by atoms with Gasteiger partial charge in [0.15, 0.2) is 0 Å². The van der Waals surface area contributed by atoms with Crippen molar-refractivity contribution in [2.24, 2.45) is 0 Å². The standard InChI is InChI=1S/C14H16N4O/c1-3-6-17-14(19)10(2)18-13-5-4-11(8-15)12(7-13)9-16/h4-5,7,10,18H,3,6H2,1-2H3,(H,17,19). The number of amides is 1. The Bertz CT molecular complexity index is 539. The summed E-state index contributed by atoms with van der Waals surface area (Å²) in [6, 6.07) is 8.33. The van der Waals surface area contributed by atoms with Gasteiger partial charge in [0.1, 0.15) is 18.2 Å². The number of hydrogen-bond acceptors (Lipinski definition) is 4. The van der Waals surface area contributed by atoms with Crippen molar-refractivity contribution in [3.05, 3.63) is 29.3 Å². The Morgan fingerprint density at radius 3 is 2.58 bits per heavy atom. The monoisotopic (exact) mass is 256 g/mol. The van der Waals surface area contributed by atoms with Gasteiger partial charge in [-0.3, -0.25) is 4.79 Å². The minimum Gasteiger partial charge on any atom is -0.374 e. The fourth-order valence-electron chi connectivity index (χ4n) is 1.54. The molecule has 0 aliphatic rings. The molecule has 1 unspecified atom stereocenters. The largest absolute Gasteiger partial charge is 0.374 e. The third-order valence-electron chi connectivity index (χ3n) is 2.59. The zero-order chi connectivity index (χ0) is 14.3. The predicted molar refractivity (Wildman–Crippen MR) is 72.3 cm³/mol. The van der Waals surface area contributed by atoms with Crippen molar-refractivity contribution in [3.8, 4) is 12.1 Å². The molecule has 0 aromatic heterocycles. The average molecular weight is 256 g/mol. The highest BCUT2D eigenvalue weighted by molar-refractivity contribution is 5.84. The molecule has 5 heteroatoms. The van der Waals surface area contributed by atoms with Crippen molar-refractivity contribution >= 4 is 11.6 Å². The van der Waals surface area contributed by atoms with E-state index in [1.165, 1.54) is 0 Å². The molecule has 5 nitrogen and oxygen atoms in total. The maximum atomic E-state index is 11.7. The second-order valence-electron chi connectivity index (χ2n) is 4.14. The van der Waals surface area contributed by atoms with E-state index >= 15 is 0 Å². The van der Waals surface area contributed by atoms with Gasteiger partial charge in [0, 0.05) is 12.2 Å². The zero-order valence-corrected chi connectivity index (χ0v) is 11.0. The first-order valence-corrected chi connectivity index (χ1v) is 6.10. The highest BCUT2D eigenvalue weighted by Crippen LogP contribution is 2.15. The van der Waals surface area contributed by atoms with Crippen molar-refractivity contribution in [1.82, 2.24) is 5.32 Å². The van der Waals surface area contributed by atoms with Crippen LogP contribution < -0.4 is 10.6 Å². The van der Waals surface area contributed by atoms with Crippen LogP contribution in [-0.4, -0.2) is 18.5 Å². The number of nitrogens with one attached hydrogen (secondary N) is 2. The molecule has 0 spiro atoms. The number of anilines is 1. The summed E-state index contributed by atoms with van der Waals surface area (Å²) in [5.41, 5.74) is 1.28. The van der Waals surface area contributed by atoms with Crippen LogP contribution in [0.2, 0.25) is 0 Å². The normalized spacial score (nSPS) is 10.9. The van der Waals surface area contributed by atoms with E-state index in [2.05, 4.69) is 10.6 Å². The number of nitrogens with zero attached hydrogens (tertiary/aromatic N) is 2. The second kappa shape index (κ2) is 7.03. The van der Waals surface area contributed by atoms with Crippen LogP contribution in [0.4, 0.5) is 5.69 Å².